The smallest absolute Gasteiger partial charge is 0.416 e. The van der Waals surface area contributed by atoms with Gasteiger partial charge in [-0.15, -0.1) is 0 Å². The highest BCUT2D eigenvalue weighted by atomic mass is 16.6. The van der Waals surface area contributed by atoms with Crippen molar-refractivity contribution in [2.75, 3.05) is 56.2 Å². The average molecular weight is 521 g/mol. The maximum absolute atomic E-state index is 12.6. The van der Waals surface area contributed by atoms with Gasteiger partial charge in [-0.3, -0.25) is 14.7 Å². The van der Waals surface area contributed by atoms with Gasteiger partial charge in [0.05, 0.1) is 24.8 Å². The van der Waals surface area contributed by atoms with Gasteiger partial charge in [-0.1, -0.05) is 24.3 Å². The molecule has 4 aliphatic rings. The molecule has 3 saturated heterocycles. The quantitative estimate of drug-likeness (QED) is 0.558. The lowest BCUT2D eigenvalue weighted by atomic mass is 9.96. The fraction of sp³-hybridized carbons (Fsp3) is 0.621. The van der Waals surface area contributed by atoms with Gasteiger partial charge in [0.25, 0.3) is 0 Å². The number of piperidine rings is 1. The van der Waals surface area contributed by atoms with E-state index in [0.29, 0.717) is 30.3 Å². The number of ether oxygens (including phenoxy) is 2. The van der Waals surface area contributed by atoms with Gasteiger partial charge in [-0.25, -0.2) is 9.78 Å². The number of hydrogen-bond acceptors (Lipinski definition) is 8. The van der Waals surface area contributed by atoms with Gasteiger partial charge in [0.2, 0.25) is 5.95 Å². The first kappa shape index (κ1) is 25.5. The Kier molecular flexibility index (Phi) is 7.24. The minimum Gasteiger partial charge on any atom is -0.447 e. The van der Waals surface area contributed by atoms with E-state index >= 15 is 0 Å². The second-order valence-electron chi connectivity index (χ2n) is 11.5. The number of benzene rings is 1. The molecule has 204 valence electrons. The van der Waals surface area contributed by atoms with Crippen LogP contribution in [0, 0.1) is 5.92 Å². The summed E-state index contributed by atoms with van der Waals surface area (Å²) in [6.07, 6.45) is 6.12. The molecule has 4 heterocycles. The third-order valence-corrected chi connectivity index (χ3v) is 8.86. The Morgan fingerprint density at radius 3 is 2.50 bits per heavy atom. The number of anilines is 2. The number of amides is 1. The van der Waals surface area contributed by atoms with Crippen molar-refractivity contribution in [3.8, 4) is 0 Å². The second kappa shape index (κ2) is 10.8. The summed E-state index contributed by atoms with van der Waals surface area (Å²) in [7, 11) is 0. The Morgan fingerprint density at radius 2 is 1.79 bits per heavy atom. The summed E-state index contributed by atoms with van der Waals surface area (Å²) >= 11 is 0. The van der Waals surface area contributed by atoms with Crippen molar-refractivity contribution < 1.29 is 14.3 Å². The summed E-state index contributed by atoms with van der Waals surface area (Å²) in [5.41, 5.74) is 2.19. The molecule has 0 unspecified atom stereocenters. The molecule has 9 nitrogen and oxygen atoms in total. The number of rotatable bonds is 8. The van der Waals surface area contributed by atoms with E-state index < -0.39 is 0 Å². The van der Waals surface area contributed by atoms with E-state index in [4.69, 9.17) is 14.5 Å². The highest BCUT2D eigenvalue weighted by Crippen LogP contribution is 2.47. The molecule has 2 atom stereocenters. The predicted octanol–water partition coefficient (Wildman–Crippen LogP) is 4.07. The van der Waals surface area contributed by atoms with Gasteiger partial charge in [-0.2, -0.15) is 4.98 Å². The van der Waals surface area contributed by atoms with Crippen LogP contribution in [0.15, 0.2) is 36.5 Å². The number of nitrogens with one attached hydrogen (secondary N) is 1. The van der Waals surface area contributed by atoms with Crippen LogP contribution in [-0.4, -0.2) is 83.4 Å². The first-order chi connectivity index (χ1) is 18.5. The van der Waals surface area contributed by atoms with E-state index in [1.165, 1.54) is 24.0 Å². The van der Waals surface area contributed by atoms with Crippen LogP contribution in [0.3, 0.4) is 0 Å². The van der Waals surface area contributed by atoms with Crippen molar-refractivity contribution >= 4 is 17.9 Å². The number of hydrogen-bond donors (Lipinski definition) is 1. The average Bonchev–Trinajstić information content (AvgIpc) is 3.76. The third-order valence-electron chi connectivity index (χ3n) is 8.86. The van der Waals surface area contributed by atoms with E-state index in [9.17, 15) is 4.79 Å². The van der Waals surface area contributed by atoms with E-state index in [1.54, 1.807) is 17.2 Å². The number of nitrogens with zero attached hydrogens (tertiary/aromatic N) is 5. The molecule has 38 heavy (non-hydrogen) atoms. The lowest BCUT2D eigenvalue weighted by Crippen LogP contribution is -2.48. The van der Waals surface area contributed by atoms with Crippen LogP contribution >= 0.6 is 0 Å². The van der Waals surface area contributed by atoms with E-state index in [1.807, 2.05) is 0 Å². The molecule has 1 aromatic carbocycles. The summed E-state index contributed by atoms with van der Waals surface area (Å²) in [4.78, 5) is 28.6. The molecule has 2 aromatic rings. The molecule has 1 saturated carbocycles. The van der Waals surface area contributed by atoms with Gasteiger partial charge in [-0.05, 0) is 75.7 Å². The Labute approximate surface area is 225 Å². The zero-order valence-electron chi connectivity index (χ0n) is 22.6. The molecule has 9 heteroatoms. The third kappa shape index (κ3) is 5.37. The van der Waals surface area contributed by atoms with Gasteiger partial charge in [0.1, 0.15) is 12.4 Å². The number of aromatic nitrogens is 2. The maximum atomic E-state index is 12.6. The van der Waals surface area contributed by atoms with Gasteiger partial charge >= 0.3 is 6.09 Å². The van der Waals surface area contributed by atoms with Crippen molar-refractivity contribution in [1.29, 1.82) is 0 Å². The lowest BCUT2D eigenvalue weighted by molar-refractivity contribution is 0.000230. The molecule has 1 aliphatic carbocycles. The SMILES string of the molecule is C[C@H](Nc1nccc(N2C(=O)OC[C@]2(C)C2CC2)n1)c1ccc(CN2CCC(N3CCOCC3)CC2)cc1. The Bertz CT molecular complexity index is 1110. The van der Waals surface area contributed by atoms with E-state index in [2.05, 4.69) is 58.2 Å². The zero-order chi connectivity index (χ0) is 26.1. The van der Waals surface area contributed by atoms with Gasteiger partial charge in [0.15, 0.2) is 0 Å². The molecule has 4 fully saturated rings. The second-order valence-corrected chi connectivity index (χ2v) is 11.5. The van der Waals surface area contributed by atoms with Crippen molar-refractivity contribution in [3.63, 3.8) is 0 Å². The summed E-state index contributed by atoms with van der Waals surface area (Å²) < 4.78 is 10.9. The monoisotopic (exact) mass is 520 g/mol. The molecule has 1 aromatic heterocycles. The summed E-state index contributed by atoms with van der Waals surface area (Å²) in [6, 6.07) is 11.4. The van der Waals surface area contributed by atoms with Crippen molar-refractivity contribution in [2.45, 2.75) is 63.7 Å². The largest absolute Gasteiger partial charge is 0.447 e. The van der Waals surface area contributed by atoms with Crippen LogP contribution in [0.25, 0.3) is 0 Å². The van der Waals surface area contributed by atoms with Gasteiger partial charge in [0, 0.05) is 31.9 Å². The molecule has 0 spiro atoms. The Morgan fingerprint density at radius 1 is 1.05 bits per heavy atom. The predicted molar refractivity (Wildman–Crippen MR) is 146 cm³/mol. The highest BCUT2D eigenvalue weighted by molar-refractivity contribution is 5.90. The maximum Gasteiger partial charge on any atom is 0.416 e. The van der Waals surface area contributed by atoms with Crippen LogP contribution in [0.1, 0.15) is 56.7 Å². The Hall–Kier alpha value is -2.75. The number of cyclic esters (lactones) is 1. The zero-order valence-corrected chi connectivity index (χ0v) is 22.6. The van der Waals surface area contributed by atoms with Crippen LogP contribution in [-0.2, 0) is 16.0 Å². The number of morpholine rings is 1. The van der Waals surface area contributed by atoms with Crippen LogP contribution in [0.4, 0.5) is 16.6 Å². The standard InChI is InChI=1S/C29H40N6O3/c1-21(31-27-30-12-9-26(32-27)35-28(36)38-20-29(35,2)24-7-8-24)23-5-3-22(4-6-23)19-33-13-10-25(11-14-33)34-15-17-37-18-16-34/h3-6,9,12,21,24-25H,7-8,10-11,13-20H2,1-2H3,(H,30,31,32)/t21-,29+/m0/s1. The molecule has 1 N–H and O–H groups in total. The summed E-state index contributed by atoms with van der Waals surface area (Å²) in [5.74, 6) is 1.58. The number of likely N-dealkylation sites (tertiary alicyclic amines) is 1. The molecule has 3 aliphatic heterocycles. The lowest BCUT2D eigenvalue weighted by Gasteiger charge is -2.40. The number of carbonyl (C=O) groups is 1. The Balaban J connectivity index is 1.04. The van der Waals surface area contributed by atoms with Crippen molar-refractivity contribution in [2.24, 2.45) is 5.92 Å². The normalized spacial score (nSPS) is 26.4. The minimum atomic E-state index is -0.331. The van der Waals surface area contributed by atoms with E-state index in [0.717, 1.165) is 58.8 Å². The van der Waals surface area contributed by atoms with Crippen LogP contribution in [0.2, 0.25) is 0 Å². The van der Waals surface area contributed by atoms with Crippen molar-refractivity contribution in [3.05, 3.63) is 47.7 Å². The summed E-state index contributed by atoms with van der Waals surface area (Å²) in [6.45, 7) is 11.8. The first-order valence-electron chi connectivity index (χ1n) is 14.2. The molecule has 0 bridgehead atoms. The molecule has 6 rings (SSSR count). The molecule has 1 amide bonds. The number of carbonyl (C=O) groups excluding carboxylic acids is 1. The topological polar surface area (TPSA) is 83.1 Å². The van der Waals surface area contributed by atoms with Gasteiger partial charge < -0.3 is 14.8 Å². The minimum absolute atomic E-state index is 0.0314. The van der Waals surface area contributed by atoms with Crippen LogP contribution < -0.4 is 10.2 Å². The van der Waals surface area contributed by atoms with Crippen molar-refractivity contribution in [1.82, 2.24) is 19.8 Å². The highest BCUT2D eigenvalue weighted by Gasteiger charge is 2.54. The fourth-order valence-electron chi connectivity index (χ4n) is 6.28. The van der Waals surface area contributed by atoms with E-state index in [-0.39, 0.29) is 17.7 Å². The molecular weight excluding hydrogens is 480 g/mol. The first-order valence-corrected chi connectivity index (χ1v) is 14.2. The fourth-order valence-corrected chi connectivity index (χ4v) is 6.28. The van der Waals surface area contributed by atoms with Crippen LogP contribution in [0.5, 0.6) is 0 Å². The molecule has 0 radical (unpaired) electrons. The summed E-state index contributed by atoms with van der Waals surface area (Å²) in [5, 5.41) is 3.42. The molecular formula is C29H40N6O3.